The van der Waals surface area contributed by atoms with E-state index in [1.165, 1.54) is 26.9 Å². The van der Waals surface area contributed by atoms with Crippen LogP contribution < -0.4 is 5.32 Å². The number of amides is 3. The van der Waals surface area contributed by atoms with E-state index >= 15 is 0 Å². The van der Waals surface area contributed by atoms with Gasteiger partial charge in [-0.2, -0.15) is 0 Å². The zero-order chi connectivity index (χ0) is 23.7. The zero-order valence-electron chi connectivity index (χ0n) is 20.7. The van der Waals surface area contributed by atoms with Gasteiger partial charge in [-0.15, -0.1) is 0 Å². The lowest BCUT2D eigenvalue weighted by Crippen LogP contribution is -2.57. The molecule has 2 aliphatic rings. The first kappa shape index (κ1) is 23.8. The number of hydrogen-bond acceptors (Lipinski definition) is 4. The second-order valence-electron chi connectivity index (χ2n) is 10.2. The van der Waals surface area contributed by atoms with Gasteiger partial charge in [0.25, 0.3) is 0 Å². The summed E-state index contributed by atoms with van der Waals surface area (Å²) >= 11 is 0. The second kappa shape index (κ2) is 9.85. The molecule has 1 saturated heterocycles. The predicted molar refractivity (Wildman–Crippen MR) is 132 cm³/mol. The van der Waals surface area contributed by atoms with Crippen LogP contribution in [-0.2, 0) is 11.2 Å². The Morgan fingerprint density at radius 2 is 2.03 bits per heavy atom. The van der Waals surface area contributed by atoms with Crippen LogP contribution in [0.2, 0.25) is 0 Å². The van der Waals surface area contributed by atoms with E-state index in [4.69, 9.17) is 0 Å². The average Bonchev–Trinajstić information content (AvgIpc) is 3.20. The van der Waals surface area contributed by atoms with Gasteiger partial charge in [-0.25, -0.2) is 4.79 Å². The van der Waals surface area contributed by atoms with Gasteiger partial charge in [-0.1, -0.05) is 12.1 Å². The Kier molecular flexibility index (Phi) is 7.10. The molecule has 1 aliphatic heterocycles. The van der Waals surface area contributed by atoms with Gasteiger partial charge < -0.3 is 15.2 Å². The number of nitrogens with zero attached hydrogens (tertiary/aromatic N) is 3. The number of nitrogens with one attached hydrogen (secondary N) is 2. The number of likely N-dealkylation sites (tertiary alicyclic amines) is 1. The van der Waals surface area contributed by atoms with Crippen molar-refractivity contribution in [2.24, 2.45) is 5.92 Å². The van der Waals surface area contributed by atoms with Crippen LogP contribution in [0.1, 0.15) is 50.7 Å². The zero-order valence-corrected chi connectivity index (χ0v) is 20.7. The van der Waals surface area contributed by atoms with E-state index in [1.807, 2.05) is 21.0 Å². The molecule has 1 aromatic heterocycles. The second-order valence-corrected chi connectivity index (χ2v) is 10.2. The van der Waals surface area contributed by atoms with Crippen LogP contribution >= 0.6 is 0 Å². The van der Waals surface area contributed by atoms with Crippen molar-refractivity contribution < 1.29 is 9.59 Å². The summed E-state index contributed by atoms with van der Waals surface area (Å²) in [7, 11) is 4.03. The average molecular weight is 454 g/mol. The van der Waals surface area contributed by atoms with Crippen molar-refractivity contribution >= 4 is 22.8 Å². The highest BCUT2D eigenvalue weighted by Crippen LogP contribution is 2.45. The van der Waals surface area contributed by atoms with Crippen molar-refractivity contribution in [3.63, 3.8) is 0 Å². The third kappa shape index (κ3) is 4.66. The SMILES string of the molecule is CCNC(=O)N(CCCN(C)C)C(=O)C1CC2c3cccc4[nH]cc(c34)C[C@H]2N(C(C)C)C1. The third-order valence-corrected chi connectivity index (χ3v) is 7.35. The fourth-order valence-corrected chi connectivity index (χ4v) is 5.83. The molecule has 3 atom stereocenters. The Balaban J connectivity index is 1.62. The van der Waals surface area contributed by atoms with Crippen LogP contribution in [0.25, 0.3) is 10.9 Å². The highest BCUT2D eigenvalue weighted by atomic mass is 16.2. The minimum Gasteiger partial charge on any atom is -0.361 e. The van der Waals surface area contributed by atoms with Gasteiger partial charge in [-0.05, 0) is 77.9 Å². The van der Waals surface area contributed by atoms with E-state index in [0.717, 1.165) is 25.8 Å². The van der Waals surface area contributed by atoms with E-state index in [-0.39, 0.29) is 17.9 Å². The summed E-state index contributed by atoms with van der Waals surface area (Å²) in [5, 5.41) is 4.19. The summed E-state index contributed by atoms with van der Waals surface area (Å²) in [5.41, 5.74) is 3.91. The number of rotatable bonds is 7. The Bertz CT molecular complexity index is 998. The van der Waals surface area contributed by atoms with Crippen molar-refractivity contribution in [2.75, 3.05) is 40.3 Å². The van der Waals surface area contributed by atoms with Crippen LogP contribution in [0.5, 0.6) is 0 Å². The summed E-state index contributed by atoms with van der Waals surface area (Å²) in [5.74, 6) is 0.0715. The first-order valence-corrected chi connectivity index (χ1v) is 12.4. The Labute approximate surface area is 197 Å². The van der Waals surface area contributed by atoms with E-state index in [9.17, 15) is 9.59 Å². The first-order chi connectivity index (χ1) is 15.8. The molecule has 0 spiro atoms. The van der Waals surface area contributed by atoms with Crippen LogP contribution in [0.4, 0.5) is 4.79 Å². The van der Waals surface area contributed by atoms with E-state index in [0.29, 0.717) is 37.6 Å². The third-order valence-electron chi connectivity index (χ3n) is 7.35. The van der Waals surface area contributed by atoms with Crippen LogP contribution in [0.15, 0.2) is 24.4 Å². The fraction of sp³-hybridized carbons (Fsp3) is 0.615. The molecule has 0 saturated carbocycles. The lowest BCUT2D eigenvalue weighted by molar-refractivity contribution is -0.135. The number of hydrogen-bond donors (Lipinski definition) is 2. The smallest absolute Gasteiger partial charge is 0.324 e. The van der Waals surface area contributed by atoms with Crippen LogP contribution in [0, 0.1) is 5.92 Å². The summed E-state index contributed by atoms with van der Waals surface area (Å²) < 4.78 is 0. The standard InChI is InChI=1S/C26H39N5O2/c1-6-27-26(33)30(12-8-11-29(4)5)25(32)19-13-21-20-9-7-10-22-24(20)18(15-28-22)14-23(21)31(16-19)17(2)3/h7,9-10,15,17,19,21,23,28H,6,8,11-14,16H2,1-5H3,(H,27,33)/t19?,21?,23-/m1/s1. The predicted octanol–water partition coefficient (Wildman–Crippen LogP) is 3.42. The van der Waals surface area contributed by atoms with Crippen molar-refractivity contribution in [3.8, 4) is 0 Å². The summed E-state index contributed by atoms with van der Waals surface area (Å²) in [6.07, 6.45) is 4.72. The highest BCUT2D eigenvalue weighted by Gasteiger charge is 2.44. The number of fused-ring (bicyclic) bond motifs is 2. The van der Waals surface area contributed by atoms with Crippen LogP contribution in [0.3, 0.4) is 0 Å². The van der Waals surface area contributed by atoms with Crippen molar-refractivity contribution in [2.45, 2.75) is 58.0 Å². The topological polar surface area (TPSA) is 71.7 Å². The molecular formula is C26H39N5O2. The number of carbonyl (C=O) groups excluding carboxylic acids is 2. The van der Waals surface area contributed by atoms with Crippen molar-refractivity contribution in [1.29, 1.82) is 0 Å². The number of aromatic nitrogens is 1. The van der Waals surface area contributed by atoms with Gasteiger partial charge in [0, 0.05) is 54.7 Å². The van der Waals surface area contributed by atoms with Gasteiger partial charge in [0.1, 0.15) is 0 Å². The lowest BCUT2D eigenvalue weighted by atomic mass is 9.71. The number of aromatic amines is 1. The molecule has 2 aromatic rings. The summed E-state index contributed by atoms with van der Waals surface area (Å²) in [6, 6.07) is 6.94. The number of piperidine rings is 1. The van der Waals surface area contributed by atoms with E-state index < -0.39 is 0 Å². The van der Waals surface area contributed by atoms with Gasteiger partial charge in [-0.3, -0.25) is 14.6 Å². The largest absolute Gasteiger partial charge is 0.361 e. The minimum absolute atomic E-state index is 0.0316. The molecule has 7 nitrogen and oxygen atoms in total. The molecule has 2 heterocycles. The number of urea groups is 1. The van der Waals surface area contributed by atoms with Gasteiger partial charge in [0.2, 0.25) is 5.91 Å². The molecule has 7 heteroatoms. The Morgan fingerprint density at radius 1 is 1.24 bits per heavy atom. The number of benzene rings is 1. The summed E-state index contributed by atoms with van der Waals surface area (Å²) in [4.78, 5) is 36.1. The molecule has 0 radical (unpaired) electrons. The van der Waals surface area contributed by atoms with Gasteiger partial charge >= 0.3 is 6.03 Å². The number of carbonyl (C=O) groups is 2. The maximum atomic E-state index is 13.8. The maximum Gasteiger partial charge on any atom is 0.324 e. The fourth-order valence-electron chi connectivity index (χ4n) is 5.83. The quantitative estimate of drug-likeness (QED) is 0.674. The molecule has 1 aliphatic carbocycles. The van der Waals surface area contributed by atoms with E-state index in [2.05, 4.69) is 58.3 Å². The molecule has 33 heavy (non-hydrogen) atoms. The Hall–Kier alpha value is -2.38. The normalized spacial score (nSPS) is 22.6. The van der Waals surface area contributed by atoms with Crippen molar-refractivity contribution in [3.05, 3.63) is 35.5 Å². The van der Waals surface area contributed by atoms with Gasteiger partial charge in [0.05, 0.1) is 5.92 Å². The molecule has 1 aromatic carbocycles. The minimum atomic E-state index is -0.266. The summed E-state index contributed by atoms with van der Waals surface area (Å²) in [6.45, 7) is 8.84. The molecule has 180 valence electrons. The van der Waals surface area contributed by atoms with Gasteiger partial charge in [0.15, 0.2) is 0 Å². The Morgan fingerprint density at radius 3 is 2.73 bits per heavy atom. The highest BCUT2D eigenvalue weighted by molar-refractivity contribution is 5.96. The van der Waals surface area contributed by atoms with Crippen molar-refractivity contribution in [1.82, 2.24) is 25.0 Å². The molecule has 2 unspecified atom stereocenters. The maximum absolute atomic E-state index is 13.8. The molecule has 0 bridgehead atoms. The van der Waals surface area contributed by atoms with Crippen LogP contribution in [-0.4, -0.2) is 84.0 Å². The first-order valence-electron chi connectivity index (χ1n) is 12.4. The monoisotopic (exact) mass is 453 g/mol. The molecule has 2 N–H and O–H groups in total. The molecule has 3 amide bonds. The lowest BCUT2D eigenvalue weighted by Gasteiger charge is -2.49. The molecular weight excluding hydrogens is 414 g/mol. The number of imide groups is 1. The number of H-pyrrole nitrogens is 1. The molecule has 4 rings (SSSR count). The molecule has 1 fully saturated rings. The van der Waals surface area contributed by atoms with E-state index in [1.54, 1.807) is 0 Å².